The molecule has 8 heteroatoms. The standard InChI is InChI=1S/C16H17N7O/c1-22-15-12(9-19-22)16(23-8-2-5-18-13(24)10-23)21-14(20-15)11-3-6-17-7-4-11/h3-4,6-7,9H,2,5,8,10H2,1H3,(H,18,24). The molecule has 0 bridgehead atoms. The molecule has 0 aromatic carbocycles. The van der Waals surface area contributed by atoms with E-state index in [9.17, 15) is 4.79 Å². The van der Waals surface area contributed by atoms with Gasteiger partial charge >= 0.3 is 0 Å². The van der Waals surface area contributed by atoms with Gasteiger partial charge in [0.1, 0.15) is 5.82 Å². The third-order valence-electron chi connectivity index (χ3n) is 4.07. The molecule has 1 saturated heterocycles. The number of anilines is 1. The SMILES string of the molecule is Cn1ncc2c(N3CCCNC(=O)C3)nc(-c3ccncc3)nc21. The number of nitrogens with one attached hydrogen (secondary N) is 1. The molecule has 4 rings (SSSR count). The summed E-state index contributed by atoms with van der Waals surface area (Å²) in [4.78, 5) is 27.4. The number of amides is 1. The molecular formula is C16H17N7O. The van der Waals surface area contributed by atoms with E-state index >= 15 is 0 Å². The topological polar surface area (TPSA) is 88.8 Å². The third-order valence-corrected chi connectivity index (χ3v) is 4.07. The van der Waals surface area contributed by atoms with Crippen LogP contribution in [0.3, 0.4) is 0 Å². The van der Waals surface area contributed by atoms with Crippen LogP contribution < -0.4 is 10.2 Å². The molecule has 0 atom stereocenters. The summed E-state index contributed by atoms with van der Waals surface area (Å²) in [6.07, 6.45) is 6.06. The molecule has 122 valence electrons. The van der Waals surface area contributed by atoms with E-state index in [0.717, 1.165) is 35.4 Å². The van der Waals surface area contributed by atoms with Crippen LogP contribution in [0.5, 0.6) is 0 Å². The van der Waals surface area contributed by atoms with Crippen molar-refractivity contribution in [2.24, 2.45) is 7.05 Å². The summed E-state index contributed by atoms with van der Waals surface area (Å²) in [6, 6.07) is 3.74. The number of hydrogen-bond acceptors (Lipinski definition) is 6. The molecule has 1 aliphatic heterocycles. The lowest BCUT2D eigenvalue weighted by Gasteiger charge is -2.21. The van der Waals surface area contributed by atoms with E-state index in [1.807, 2.05) is 24.1 Å². The van der Waals surface area contributed by atoms with Crippen molar-refractivity contribution in [3.05, 3.63) is 30.7 Å². The maximum Gasteiger partial charge on any atom is 0.239 e. The monoisotopic (exact) mass is 323 g/mol. The van der Waals surface area contributed by atoms with Crippen molar-refractivity contribution in [1.82, 2.24) is 30.0 Å². The summed E-state index contributed by atoms with van der Waals surface area (Å²) >= 11 is 0. The second-order valence-electron chi connectivity index (χ2n) is 5.74. The molecule has 0 radical (unpaired) electrons. The molecule has 0 unspecified atom stereocenters. The van der Waals surface area contributed by atoms with Gasteiger partial charge in [0.05, 0.1) is 18.1 Å². The van der Waals surface area contributed by atoms with Crippen LogP contribution in [-0.4, -0.2) is 50.3 Å². The molecule has 1 fully saturated rings. The lowest BCUT2D eigenvalue weighted by Crippen LogP contribution is -2.33. The van der Waals surface area contributed by atoms with Gasteiger partial charge in [-0.05, 0) is 18.6 Å². The van der Waals surface area contributed by atoms with E-state index in [1.165, 1.54) is 0 Å². The van der Waals surface area contributed by atoms with Crippen molar-refractivity contribution >= 4 is 22.8 Å². The largest absolute Gasteiger partial charge is 0.354 e. The Morgan fingerprint density at radius 1 is 1.21 bits per heavy atom. The smallest absolute Gasteiger partial charge is 0.239 e. The third kappa shape index (κ3) is 2.55. The van der Waals surface area contributed by atoms with Gasteiger partial charge in [0.15, 0.2) is 11.5 Å². The normalized spacial score (nSPS) is 15.4. The highest BCUT2D eigenvalue weighted by Crippen LogP contribution is 2.27. The van der Waals surface area contributed by atoms with Crippen LogP contribution in [0.2, 0.25) is 0 Å². The summed E-state index contributed by atoms with van der Waals surface area (Å²) in [6.45, 7) is 1.74. The second-order valence-corrected chi connectivity index (χ2v) is 5.74. The maximum absolute atomic E-state index is 11.9. The van der Waals surface area contributed by atoms with Gasteiger partial charge in [0, 0.05) is 38.1 Å². The minimum atomic E-state index is 0.00798. The number of aryl methyl sites for hydroxylation is 1. The zero-order chi connectivity index (χ0) is 16.5. The molecule has 1 aliphatic rings. The van der Waals surface area contributed by atoms with Crippen LogP contribution in [0.1, 0.15) is 6.42 Å². The van der Waals surface area contributed by atoms with E-state index in [2.05, 4.69) is 20.4 Å². The Labute approximate surface area is 138 Å². The first kappa shape index (κ1) is 14.6. The number of rotatable bonds is 2. The summed E-state index contributed by atoms with van der Waals surface area (Å²) < 4.78 is 1.73. The maximum atomic E-state index is 11.9. The van der Waals surface area contributed by atoms with E-state index in [4.69, 9.17) is 4.98 Å². The van der Waals surface area contributed by atoms with Crippen molar-refractivity contribution in [3.8, 4) is 11.4 Å². The minimum Gasteiger partial charge on any atom is -0.354 e. The summed E-state index contributed by atoms with van der Waals surface area (Å²) in [7, 11) is 1.85. The van der Waals surface area contributed by atoms with Gasteiger partial charge in [-0.1, -0.05) is 0 Å². The molecule has 0 saturated carbocycles. The number of fused-ring (bicyclic) bond motifs is 1. The van der Waals surface area contributed by atoms with Crippen LogP contribution >= 0.6 is 0 Å². The average molecular weight is 323 g/mol. The zero-order valence-electron chi connectivity index (χ0n) is 13.3. The quantitative estimate of drug-likeness (QED) is 0.749. The fourth-order valence-electron chi connectivity index (χ4n) is 2.87. The zero-order valence-corrected chi connectivity index (χ0v) is 13.3. The highest BCUT2D eigenvalue weighted by atomic mass is 16.2. The summed E-state index contributed by atoms with van der Waals surface area (Å²) in [5, 5.41) is 8.05. The molecule has 24 heavy (non-hydrogen) atoms. The van der Waals surface area contributed by atoms with Crippen molar-refractivity contribution < 1.29 is 4.79 Å². The second kappa shape index (κ2) is 5.88. The first-order valence-electron chi connectivity index (χ1n) is 7.84. The van der Waals surface area contributed by atoms with Gasteiger partial charge in [0.2, 0.25) is 5.91 Å². The Hall–Kier alpha value is -3.03. The lowest BCUT2D eigenvalue weighted by molar-refractivity contribution is -0.119. The van der Waals surface area contributed by atoms with Gasteiger partial charge in [-0.25, -0.2) is 9.97 Å². The van der Waals surface area contributed by atoms with Crippen molar-refractivity contribution in [2.45, 2.75) is 6.42 Å². The minimum absolute atomic E-state index is 0.00798. The fraction of sp³-hybridized carbons (Fsp3) is 0.312. The molecule has 1 N–H and O–H groups in total. The molecule has 8 nitrogen and oxygen atoms in total. The van der Waals surface area contributed by atoms with Crippen LogP contribution in [-0.2, 0) is 11.8 Å². The highest BCUT2D eigenvalue weighted by molar-refractivity contribution is 5.91. The molecule has 0 aliphatic carbocycles. The van der Waals surface area contributed by atoms with E-state index in [1.54, 1.807) is 23.3 Å². The average Bonchev–Trinajstić information content (AvgIpc) is 2.84. The van der Waals surface area contributed by atoms with Crippen LogP contribution in [0.4, 0.5) is 5.82 Å². The Morgan fingerprint density at radius 3 is 2.88 bits per heavy atom. The predicted molar refractivity (Wildman–Crippen MR) is 89.4 cm³/mol. The van der Waals surface area contributed by atoms with Gasteiger partial charge in [-0.3, -0.25) is 14.5 Å². The van der Waals surface area contributed by atoms with Crippen LogP contribution in [0.15, 0.2) is 30.7 Å². The first-order chi connectivity index (χ1) is 11.7. The molecule has 1 amide bonds. The number of hydrogen-bond donors (Lipinski definition) is 1. The van der Waals surface area contributed by atoms with Gasteiger partial charge < -0.3 is 10.2 Å². The number of aromatic nitrogens is 5. The Kier molecular flexibility index (Phi) is 3.56. The number of pyridine rings is 1. The molecule has 3 aromatic rings. The van der Waals surface area contributed by atoms with E-state index in [-0.39, 0.29) is 12.5 Å². The van der Waals surface area contributed by atoms with Crippen molar-refractivity contribution in [2.75, 3.05) is 24.5 Å². The Balaban J connectivity index is 1.88. The van der Waals surface area contributed by atoms with Crippen molar-refractivity contribution in [1.29, 1.82) is 0 Å². The van der Waals surface area contributed by atoms with Crippen LogP contribution in [0.25, 0.3) is 22.4 Å². The highest BCUT2D eigenvalue weighted by Gasteiger charge is 2.21. The lowest BCUT2D eigenvalue weighted by atomic mass is 10.2. The fourth-order valence-corrected chi connectivity index (χ4v) is 2.87. The number of carbonyl (C=O) groups excluding carboxylic acids is 1. The van der Waals surface area contributed by atoms with Crippen LogP contribution in [0, 0.1) is 0 Å². The molecule has 3 aromatic heterocycles. The first-order valence-corrected chi connectivity index (χ1v) is 7.84. The van der Waals surface area contributed by atoms with Gasteiger partial charge in [0.25, 0.3) is 0 Å². The Bertz CT molecular complexity index is 890. The van der Waals surface area contributed by atoms with E-state index < -0.39 is 0 Å². The predicted octanol–water partition coefficient (Wildman–Crippen LogP) is 0.752. The van der Waals surface area contributed by atoms with Crippen molar-refractivity contribution in [3.63, 3.8) is 0 Å². The number of carbonyl (C=O) groups is 1. The van der Waals surface area contributed by atoms with E-state index in [0.29, 0.717) is 12.4 Å². The van der Waals surface area contributed by atoms with Gasteiger partial charge in [-0.15, -0.1) is 0 Å². The summed E-state index contributed by atoms with van der Waals surface area (Å²) in [5.41, 5.74) is 1.63. The molecule has 0 spiro atoms. The van der Waals surface area contributed by atoms with Gasteiger partial charge in [-0.2, -0.15) is 5.10 Å². The summed E-state index contributed by atoms with van der Waals surface area (Å²) in [5.74, 6) is 1.36. The number of nitrogens with zero attached hydrogens (tertiary/aromatic N) is 6. The molecule has 4 heterocycles. The Morgan fingerprint density at radius 2 is 2.04 bits per heavy atom. The molecular weight excluding hydrogens is 306 g/mol.